The highest BCUT2D eigenvalue weighted by atomic mass is 16.2. The Labute approximate surface area is 668 Å². The summed E-state index contributed by atoms with van der Waals surface area (Å²) in [5, 5.41) is 6.20. The summed E-state index contributed by atoms with van der Waals surface area (Å²) in [6.45, 7) is 0. The van der Waals surface area contributed by atoms with E-state index in [4.69, 9.17) is 0 Å². The summed E-state index contributed by atoms with van der Waals surface area (Å²) in [7, 11) is 0. The Kier molecular flexibility index (Phi) is 17.9. The van der Waals surface area contributed by atoms with Crippen molar-refractivity contribution in [2.75, 3.05) is 19.6 Å². The molecule has 116 heavy (non-hydrogen) atoms. The molecule has 552 valence electrons. The van der Waals surface area contributed by atoms with Gasteiger partial charge in [-0.1, -0.05) is 282 Å². The van der Waals surface area contributed by atoms with Gasteiger partial charge < -0.3 is 0 Å². The molecule has 17 aromatic rings. The van der Waals surface area contributed by atoms with Crippen LogP contribution in [0.5, 0.6) is 0 Å². The lowest BCUT2D eigenvalue weighted by molar-refractivity contribution is 0.0877. The molecule has 4 aliphatic rings. The first kappa shape index (κ1) is 71.9. The average Bonchev–Trinajstić information content (AvgIpc) is 0.746. The van der Waals surface area contributed by atoms with Crippen LogP contribution >= 0.6 is 0 Å². The van der Waals surface area contributed by atoms with Gasteiger partial charge in [-0.15, -0.1) is 0 Å². The van der Waals surface area contributed by atoms with Crippen LogP contribution in [0.2, 0.25) is 0 Å². The van der Waals surface area contributed by atoms with Gasteiger partial charge >= 0.3 is 0 Å². The predicted molar refractivity (Wildman–Crippen MR) is 465 cm³/mol. The molecule has 0 N–H and O–H groups in total. The Bertz CT molecular complexity index is 6460. The highest BCUT2D eigenvalue weighted by Gasteiger charge is 2.39. The van der Waals surface area contributed by atoms with E-state index in [0.717, 1.165) is 99.4 Å². The van der Waals surface area contributed by atoms with E-state index in [0.29, 0.717) is 88.8 Å². The number of carbonyl (C=O) groups is 8. The summed E-state index contributed by atoms with van der Waals surface area (Å²) >= 11 is 0. The quantitative estimate of drug-likeness (QED) is 0.116. The highest BCUT2D eigenvalue weighted by molar-refractivity contribution is 6.40. The molecule has 4 heterocycles. The van der Waals surface area contributed by atoms with Crippen LogP contribution in [-0.4, -0.2) is 47.3 Å². The van der Waals surface area contributed by atoms with Crippen LogP contribution in [0.3, 0.4) is 0 Å². The minimum atomic E-state index is -0.371. The Morgan fingerprint density at radius 2 is 0.284 bits per heavy atom. The molecule has 0 radical (unpaired) electrons. The third kappa shape index (κ3) is 11.7. The number of amides is 8. The lowest BCUT2D eigenvalue weighted by Gasteiger charge is -2.28. The lowest BCUT2D eigenvalue weighted by Crippen LogP contribution is -2.40. The molecule has 0 bridgehead atoms. The molecular formula is C104H68N4O8. The third-order valence-corrected chi connectivity index (χ3v) is 22.4. The van der Waals surface area contributed by atoms with Gasteiger partial charge in [0.15, 0.2) is 0 Å². The SMILES string of the molecule is C.C.O=C1c2cccc3c(-c4ccccc4)ccc(c23)C(=O)N1c1ccc(-c2ccc(-c3ccc(N4C(=O)c5cccc6c(-c7ccccc7)ccc(c56)C4=O)cc3)cc2)cc1.O=C1c2cccc3c(-c4ccccc4)ccc(c23)C(=O)N1c1ccc(-c2ccc(N3C(=O)c4cccc5c(-c6ccccc6)ccc(c45)C3=O)cc2)cc1. The molecule has 8 amide bonds. The van der Waals surface area contributed by atoms with Crippen molar-refractivity contribution in [2.45, 2.75) is 14.9 Å². The summed E-state index contributed by atoms with van der Waals surface area (Å²) in [4.78, 5) is 116. The van der Waals surface area contributed by atoms with Crippen LogP contribution in [0, 0.1) is 0 Å². The van der Waals surface area contributed by atoms with E-state index in [9.17, 15) is 38.4 Å². The number of rotatable bonds is 11. The first-order valence-electron chi connectivity index (χ1n) is 37.4. The lowest BCUT2D eigenvalue weighted by atomic mass is 9.89. The zero-order valence-electron chi connectivity index (χ0n) is 60.7. The zero-order valence-corrected chi connectivity index (χ0v) is 60.7. The standard InChI is InChI=1S/C54H32N2O4.C48H28N2O4.2CH4/c57-51-45-15-7-13-43-41(37-9-3-1-4-10-37)29-31-47(49(43)45)53(59)55(51)39-25-21-35(22-26-39)33-17-19-34(20-18-33)36-23-27-40(28-24-36)56-52(58)46-16-8-14-44-42(38-11-5-2-6-12-38)30-32-48(50(44)46)54(56)60;51-45-39-15-7-13-37-35(31-9-3-1-4-10-31)25-27-41(43(37)39)47(53)49(45)33-21-17-29(18-22-33)30-19-23-34(24-20-30)50-46(52)40-16-8-14-38-36(32-11-5-2-6-12-32)26-28-42(44(38)40)48(50)54;;/h1-32H;1-28H;2*1H4. The fourth-order valence-corrected chi connectivity index (χ4v) is 16.9. The van der Waals surface area contributed by atoms with Crippen LogP contribution < -0.4 is 19.6 Å². The summed E-state index contributed by atoms with van der Waals surface area (Å²) in [5.74, 6) is -2.87. The summed E-state index contributed by atoms with van der Waals surface area (Å²) in [5.41, 5.74) is 19.3. The van der Waals surface area contributed by atoms with Gasteiger partial charge in [-0.2, -0.15) is 0 Å². The van der Waals surface area contributed by atoms with Gasteiger partial charge in [0.25, 0.3) is 47.3 Å². The van der Waals surface area contributed by atoms with E-state index in [2.05, 4.69) is 0 Å². The van der Waals surface area contributed by atoms with E-state index in [1.54, 1.807) is 48.5 Å². The second-order valence-electron chi connectivity index (χ2n) is 28.6. The van der Waals surface area contributed by atoms with Crippen LogP contribution in [0.25, 0.3) is 121 Å². The molecule has 0 atom stereocenters. The number of benzene rings is 17. The van der Waals surface area contributed by atoms with Crippen LogP contribution in [-0.2, 0) is 0 Å². The monoisotopic (exact) mass is 1500 g/mol. The predicted octanol–water partition coefficient (Wildman–Crippen LogP) is 24.1. The Hall–Kier alpha value is -15.7. The molecule has 12 heteroatoms. The van der Waals surface area contributed by atoms with Crippen molar-refractivity contribution in [2.24, 2.45) is 0 Å². The Morgan fingerprint density at radius 3 is 0.466 bits per heavy atom. The normalized spacial score (nSPS) is 13.3. The number of carbonyl (C=O) groups excluding carboxylic acids is 8. The van der Waals surface area contributed by atoms with Crippen molar-refractivity contribution in [3.8, 4) is 77.9 Å². The van der Waals surface area contributed by atoms with Crippen molar-refractivity contribution >= 4 is 113 Å². The number of anilines is 4. The average molecular weight is 1500 g/mol. The van der Waals surface area contributed by atoms with E-state index in [-0.39, 0.29) is 62.1 Å². The molecule has 0 saturated heterocycles. The van der Waals surface area contributed by atoms with Crippen molar-refractivity contribution in [3.63, 3.8) is 0 Å². The van der Waals surface area contributed by atoms with Gasteiger partial charge in [0.2, 0.25) is 0 Å². The van der Waals surface area contributed by atoms with Gasteiger partial charge in [-0.05, 0) is 196 Å². The molecule has 0 fully saturated rings. The second-order valence-corrected chi connectivity index (χ2v) is 28.6. The fraction of sp³-hybridized carbons (Fsp3) is 0.0192. The number of nitrogens with zero attached hydrogens (tertiary/aromatic N) is 4. The first-order valence-corrected chi connectivity index (χ1v) is 37.4. The highest BCUT2D eigenvalue weighted by Crippen LogP contribution is 2.45. The Morgan fingerprint density at radius 1 is 0.129 bits per heavy atom. The van der Waals surface area contributed by atoms with Gasteiger partial charge in [-0.3, -0.25) is 38.4 Å². The second kappa shape index (κ2) is 28.9. The van der Waals surface area contributed by atoms with E-state index >= 15 is 0 Å². The molecule has 0 spiro atoms. The van der Waals surface area contributed by atoms with Crippen molar-refractivity contribution in [1.82, 2.24) is 0 Å². The molecule has 21 rings (SSSR count). The number of hydrogen-bond donors (Lipinski definition) is 0. The maximum Gasteiger partial charge on any atom is 0.265 e. The van der Waals surface area contributed by atoms with Crippen molar-refractivity contribution in [1.29, 1.82) is 0 Å². The molecule has 0 saturated carbocycles. The molecular weight excluding hydrogens is 1430 g/mol. The number of imide groups is 4. The fourth-order valence-electron chi connectivity index (χ4n) is 16.9. The smallest absolute Gasteiger partial charge is 0.265 e. The number of hydrogen-bond acceptors (Lipinski definition) is 8. The summed E-state index contributed by atoms with van der Waals surface area (Å²) in [6.07, 6.45) is 0. The molecule has 4 aliphatic heterocycles. The summed E-state index contributed by atoms with van der Waals surface area (Å²) in [6, 6.07) is 115. The topological polar surface area (TPSA) is 150 Å². The molecule has 0 aromatic heterocycles. The van der Waals surface area contributed by atoms with E-state index in [1.807, 2.05) is 315 Å². The Balaban J connectivity index is 0.000000159. The van der Waals surface area contributed by atoms with Gasteiger partial charge in [0, 0.05) is 66.1 Å². The zero-order chi connectivity index (χ0) is 77.0. The maximum absolute atomic E-state index is 13.9. The maximum atomic E-state index is 13.9. The molecule has 17 aromatic carbocycles. The van der Waals surface area contributed by atoms with Crippen LogP contribution in [0.4, 0.5) is 22.7 Å². The van der Waals surface area contributed by atoms with Crippen LogP contribution in [0.1, 0.15) is 97.7 Å². The summed E-state index contributed by atoms with van der Waals surface area (Å²) < 4.78 is 0. The molecule has 0 unspecified atom stereocenters. The van der Waals surface area contributed by atoms with Gasteiger partial charge in [0.05, 0.1) is 22.7 Å². The van der Waals surface area contributed by atoms with E-state index < -0.39 is 0 Å². The van der Waals surface area contributed by atoms with Crippen molar-refractivity contribution in [3.05, 3.63) is 408 Å². The van der Waals surface area contributed by atoms with Crippen molar-refractivity contribution < 1.29 is 38.4 Å². The van der Waals surface area contributed by atoms with Crippen LogP contribution in [0.15, 0.2) is 364 Å². The molecule has 0 aliphatic carbocycles. The molecule has 12 nitrogen and oxygen atoms in total. The van der Waals surface area contributed by atoms with Gasteiger partial charge in [0.1, 0.15) is 0 Å². The minimum Gasteiger partial charge on any atom is -0.268 e. The minimum absolute atomic E-state index is 0. The largest absolute Gasteiger partial charge is 0.268 e. The van der Waals surface area contributed by atoms with E-state index in [1.165, 1.54) is 19.6 Å². The van der Waals surface area contributed by atoms with Gasteiger partial charge in [-0.25, -0.2) is 19.6 Å². The third-order valence-electron chi connectivity index (χ3n) is 22.4. The first-order chi connectivity index (χ1) is 55.9.